The summed E-state index contributed by atoms with van der Waals surface area (Å²) in [7, 11) is 0. The second-order valence-electron chi connectivity index (χ2n) is 5.30. The number of nitriles is 1. The molecule has 0 aliphatic carbocycles. The fourth-order valence-electron chi connectivity index (χ4n) is 2.98. The number of nitrogens with one attached hydrogen (secondary N) is 1. The van der Waals surface area contributed by atoms with Crippen LogP contribution in [0.2, 0.25) is 0 Å². The zero-order chi connectivity index (χ0) is 15.3. The van der Waals surface area contributed by atoms with Crippen molar-refractivity contribution in [3.05, 3.63) is 46.2 Å². The topological polar surface area (TPSA) is 70.7 Å². The maximum atomic E-state index is 12.3. The first-order chi connectivity index (χ1) is 10.7. The number of benzene rings is 1. The average molecular weight is 308 g/mol. The normalized spacial score (nSPS) is 20.5. The number of fused-ring (bicyclic) bond motifs is 3. The molecule has 22 heavy (non-hydrogen) atoms. The van der Waals surface area contributed by atoms with Crippen LogP contribution >= 0.6 is 11.3 Å². The maximum Gasteiger partial charge on any atom is 0.246 e. The number of carbonyl (C=O) groups excluding carboxylic acids is 1. The van der Waals surface area contributed by atoms with Crippen molar-refractivity contribution in [1.29, 1.82) is 5.26 Å². The second-order valence-corrected chi connectivity index (χ2v) is 6.25. The minimum absolute atomic E-state index is 0.289. The molecular formula is C16H12N4OS. The van der Waals surface area contributed by atoms with Gasteiger partial charge in [0.15, 0.2) is 5.92 Å². The van der Waals surface area contributed by atoms with Gasteiger partial charge in [-0.05, 0) is 36.1 Å². The molecule has 0 unspecified atom stereocenters. The van der Waals surface area contributed by atoms with Crippen molar-refractivity contribution in [1.82, 2.24) is 9.55 Å². The highest BCUT2D eigenvalue weighted by Crippen LogP contribution is 2.40. The van der Waals surface area contributed by atoms with E-state index in [1.165, 1.54) is 0 Å². The molecular weight excluding hydrogens is 296 g/mol. The van der Waals surface area contributed by atoms with E-state index < -0.39 is 5.92 Å². The number of imidazole rings is 1. The molecule has 0 bridgehead atoms. The van der Waals surface area contributed by atoms with E-state index in [4.69, 9.17) is 0 Å². The molecule has 5 nitrogen and oxygen atoms in total. The molecule has 1 aromatic carbocycles. The quantitative estimate of drug-likeness (QED) is 0.751. The number of amides is 1. The number of para-hydroxylation sites is 2. The average Bonchev–Trinajstić information content (AvgIpc) is 3.09. The molecule has 3 heterocycles. The van der Waals surface area contributed by atoms with E-state index in [2.05, 4.69) is 16.4 Å². The Morgan fingerprint density at radius 3 is 2.91 bits per heavy atom. The van der Waals surface area contributed by atoms with Gasteiger partial charge in [-0.25, -0.2) is 4.98 Å². The number of anilines is 1. The molecule has 108 valence electrons. The molecule has 4 rings (SSSR count). The lowest BCUT2D eigenvalue weighted by Gasteiger charge is -2.29. The Morgan fingerprint density at radius 1 is 1.36 bits per heavy atom. The third kappa shape index (κ3) is 1.69. The summed E-state index contributed by atoms with van der Waals surface area (Å²) in [6.07, 6.45) is 0. The van der Waals surface area contributed by atoms with Crippen LogP contribution in [0.1, 0.15) is 16.5 Å². The molecule has 1 aliphatic heterocycles. The number of carbonyl (C=O) groups is 1. The molecule has 0 saturated carbocycles. The van der Waals surface area contributed by atoms with Crippen LogP contribution in [-0.2, 0) is 4.79 Å². The van der Waals surface area contributed by atoms with Crippen LogP contribution in [0.15, 0.2) is 35.7 Å². The van der Waals surface area contributed by atoms with Gasteiger partial charge in [-0.2, -0.15) is 5.26 Å². The van der Waals surface area contributed by atoms with E-state index in [1.807, 2.05) is 47.2 Å². The molecule has 2 atom stereocenters. The van der Waals surface area contributed by atoms with Gasteiger partial charge in [-0.1, -0.05) is 12.1 Å². The van der Waals surface area contributed by atoms with Crippen LogP contribution in [-0.4, -0.2) is 15.5 Å². The third-order valence-corrected chi connectivity index (χ3v) is 5.11. The van der Waals surface area contributed by atoms with Crippen LogP contribution in [0.4, 0.5) is 5.95 Å². The predicted octanol–water partition coefficient (Wildman–Crippen LogP) is 3.09. The summed E-state index contributed by atoms with van der Waals surface area (Å²) in [5, 5.41) is 14.3. The van der Waals surface area contributed by atoms with Crippen LogP contribution < -0.4 is 5.32 Å². The number of hydrogen-bond donors (Lipinski definition) is 1. The number of aryl methyl sites for hydroxylation is 1. The van der Waals surface area contributed by atoms with Crippen LogP contribution in [0, 0.1) is 24.2 Å². The monoisotopic (exact) mass is 308 g/mol. The lowest BCUT2D eigenvalue weighted by molar-refractivity contribution is -0.119. The Balaban J connectivity index is 2.05. The standard InChI is InChI=1S/C16H12N4OS/c1-9-6-7-22-14(9)13-10(8-17)15(21)19-16-18-11-4-2-3-5-12(11)20(13)16/h2-7,10,13H,1H3,(H,18,19,21)/t10-,13-/m1/s1. The van der Waals surface area contributed by atoms with Crippen LogP contribution in [0.5, 0.6) is 0 Å². The molecule has 1 N–H and O–H groups in total. The van der Waals surface area contributed by atoms with Crippen molar-refractivity contribution in [3.8, 4) is 6.07 Å². The summed E-state index contributed by atoms with van der Waals surface area (Å²) in [4.78, 5) is 17.8. The summed E-state index contributed by atoms with van der Waals surface area (Å²) >= 11 is 1.57. The Morgan fingerprint density at radius 2 is 2.18 bits per heavy atom. The second kappa shape index (κ2) is 4.68. The predicted molar refractivity (Wildman–Crippen MR) is 84.7 cm³/mol. The van der Waals surface area contributed by atoms with E-state index in [0.717, 1.165) is 21.5 Å². The molecule has 3 aromatic rings. The number of rotatable bonds is 1. The van der Waals surface area contributed by atoms with E-state index in [1.54, 1.807) is 11.3 Å². The van der Waals surface area contributed by atoms with E-state index >= 15 is 0 Å². The van der Waals surface area contributed by atoms with Crippen LogP contribution in [0.25, 0.3) is 11.0 Å². The minimum Gasteiger partial charge on any atom is -0.300 e. The molecule has 1 amide bonds. The van der Waals surface area contributed by atoms with Gasteiger partial charge < -0.3 is 0 Å². The summed E-state index contributed by atoms with van der Waals surface area (Å²) in [6.45, 7) is 2.01. The summed E-state index contributed by atoms with van der Waals surface area (Å²) in [5.74, 6) is -0.541. The first-order valence-electron chi connectivity index (χ1n) is 6.92. The molecule has 2 aromatic heterocycles. The van der Waals surface area contributed by atoms with E-state index in [9.17, 15) is 10.1 Å². The molecule has 0 radical (unpaired) electrons. The largest absolute Gasteiger partial charge is 0.300 e. The van der Waals surface area contributed by atoms with Gasteiger partial charge >= 0.3 is 0 Å². The van der Waals surface area contributed by atoms with E-state index in [-0.39, 0.29) is 11.9 Å². The van der Waals surface area contributed by atoms with Crippen molar-refractivity contribution >= 4 is 34.2 Å². The molecule has 0 saturated heterocycles. The molecule has 0 fully saturated rings. The van der Waals surface area contributed by atoms with Crippen molar-refractivity contribution in [2.75, 3.05) is 5.32 Å². The number of hydrogen-bond acceptors (Lipinski definition) is 4. The SMILES string of the molecule is Cc1ccsc1[C@H]1[C@@H](C#N)C(=O)Nc2nc3ccccc3n21. The van der Waals surface area contributed by atoms with Gasteiger partial charge in [-0.15, -0.1) is 11.3 Å². The minimum atomic E-state index is -0.762. The van der Waals surface area contributed by atoms with Gasteiger partial charge in [-0.3, -0.25) is 14.7 Å². The first kappa shape index (κ1) is 13.0. The van der Waals surface area contributed by atoms with Crippen molar-refractivity contribution in [2.45, 2.75) is 13.0 Å². The fraction of sp³-hybridized carbons (Fsp3) is 0.188. The Kier molecular flexibility index (Phi) is 2.78. The highest BCUT2D eigenvalue weighted by atomic mass is 32.1. The zero-order valence-electron chi connectivity index (χ0n) is 11.8. The highest BCUT2D eigenvalue weighted by Gasteiger charge is 2.39. The number of thiophene rings is 1. The van der Waals surface area contributed by atoms with Gasteiger partial charge in [0, 0.05) is 4.88 Å². The van der Waals surface area contributed by atoms with E-state index in [0.29, 0.717) is 5.95 Å². The Labute approximate surface area is 130 Å². The van der Waals surface area contributed by atoms with Gasteiger partial charge in [0.25, 0.3) is 0 Å². The van der Waals surface area contributed by atoms with Crippen LogP contribution in [0.3, 0.4) is 0 Å². The molecule has 1 aliphatic rings. The number of nitrogens with zero attached hydrogens (tertiary/aromatic N) is 3. The van der Waals surface area contributed by atoms with Gasteiger partial charge in [0.05, 0.1) is 23.1 Å². The Bertz CT molecular complexity index is 933. The lowest BCUT2D eigenvalue weighted by Crippen LogP contribution is -2.37. The zero-order valence-corrected chi connectivity index (χ0v) is 12.6. The number of aromatic nitrogens is 2. The third-order valence-electron chi connectivity index (χ3n) is 4.02. The Hall–Kier alpha value is -2.65. The lowest BCUT2D eigenvalue weighted by atomic mass is 9.95. The van der Waals surface area contributed by atoms with Crippen molar-refractivity contribution in [3.63, 3.8) is 0 Å². The van der Waals surface area contributed by atoms with Crippen molar-refractivity contribution < 1.29 is 4.79 Å². The summed E-state index contributed by atoms with van der Waals surface area (Å²) in [6, 6.07) is 11.6. The first-order valence-corrected chi connectivity index (χ1v) is 7.80. The summed E-state index contributed by atoms with van der Waals surface area (Å²) < 4.78 is 1.98. The van der Waals surface area contributed by atoms with Gasteiger partial charge in [0.1, 0.15) is 0 Å². The van der Waals surface area contributed by atoms with Gasteiger partial charge in [0.2, 0.25) is 11.9 Å². The maximum absolute atomic E-state index is 12.3. The fourth-order valence-corrected chi connectivity index (χ4v) is 4.03. The summed E-state index contributed by atoms with van der Waals surface area (Å²) in [5.41, 5.74) is 2.83. The molecule has 6 heteroatoms. The smallest absolute Gasteiger partial charge is 0.246 e. The molecule has 0 spiro atoms. The van der Waals surface area contributed by atoms with Crippen molar-refractivity contribution in [2.24, 2.45) is 5.92 Å². The highest BCUT2D eigenvalue weighted by molar-refractivity contribution is 7.10.